The van der Waals surface area contributed by atoms with Crippen molar-refractivity contribution in [1.82, 2.24) is 5.32 Å². The van der Waals surface area contributed by atoms with E-state index in [-0.39, 0.29) is 11.5 Å². The van der Waals surface area contributed by atoms with Gasteiger partial charge in [-0.2, -0.15) is 0 Å². The van der Waals surface area contributed by atoms with Gasteiger partial charge in [0.05, 0.1) is 5.60 Å². The van der Waals surface area contributed by atoms with Crippen LogP contribution in [0.3, 0.4) is 0 Å². The van der Waals surface area contributed by atoms with Crippen molar-refractivity contribution in [1.29, 1.82) is 0 Å². The monoisotopic (exact) mass is 312 g/mol. The van der Waals surface area contributed by atoms with Gasteiger partial charge in [0.1, 0.15) is 0 Å². The molecule has 0 radical (unpaired) electrons. The Morgan fingerprint density at radius 1 is 1.56 bits per heavy atom. The van der Waals surface area contributed by atoms with Gasteiger partial charge in [0.25, 0.3) is 5.91 Å². The molecule has 18 heavy (non-hydrogen) atoms. The van der Waals surface area contributed by atoms with Crippen LogP contribution < -0.4 is 11.1 Å². The summed E-state index contributed by atoms with van der Waals surface area (Å²) in [6.07, 6.45) is 2.03. The Labute approximate surface area is 115 Å². The lowest BCUT2D eigenvalue weighted by Crippen LogP contribution is -2.40. The molecule has 1 aliphatic rings. The summed E-state index contributed by atoms with van der Waals surface area (Å²) in [6, 6.07) is 5.18. The Morgan fingerprint density at radius 3 is 2.94 bits per heavy atom. The minimum absolute atomic E-state index is 0.125. The van der Waals surface area contributed by atoms with Gasteiger partial charge >= 0.3 is 0 Å². The number of hydrogen-bond donors (Lipinski definition) is 2. The van der Waals surface area contributed by atoms with E-state index in [1.54, 1.807) is 18.2 Å². The summed E-state index contributed by atoms with van der Waals surface area (Å²) >= 11 is 3.32. The van der Waals surface area contributed by atoms with Gasteiger partial charge in [0.15, 0.2) is 0 Å². The first-order valence-electron chi connectivity index (χ1n) is 5.97. The van der Waals surface area contributed by atoms with Gasteiger partial charge in [0, 0.05) is 28.9 Å². The predicted octanol–water partition coefficient (Wildman–Crippen LogP) is 2.33. The van der Waals surface area contributed by atoms with Crippen molar-refractivity contribution in [3.63, 3.8) is 0 Å². The number of carbonyl (C=O) groups excluding carboxylic acids is 1. The van der Waals surface area contributed by atoms with Gasteiger partial charge in [-0.05, 0) is 38.0 Å². The molecule has 3 N–H and O–H groups in total. The Bertz CT molecular complexity index is 436. The van der Waals surface area contributed by atoms with E-state index in [9.17, 15) is 4.79 Å². The number of halogens is 1. The van der Waals surface area contributed by atoms with Gasteiger partial charge in [0.2, 0.25) is 0 Å². The summed E-state index contributed by atoms with van der Waals surface area (Å²) in [5, 5.41) is 2.90. The van der Waals surface area contributed by atoms with Crippen LogP contribution in [0.25, 0.3) is 0 Å². The molecule has 5 heteroatoms. The lowest BCUT2D eigenvalue weighted by Gasteiger charge is -2.23. The predicted molar refractivity (Wildman–Crippen MR) is 74.5 cm³/mol. The zero-order valence-electron chi connectivity index (χ0n) is 10.3. The molecule has 1 unspecified atom stereocenters. The summed E-state index contributed by atoms with van der Waals surface area (Å²) in [7, 11) is 0. The summed E-state index contributed by atoms with van der Waals surface area (Å²) < 4.78 is 6.43. The highest BCUT2D eigenvalue weighted by Gasteiger charge is 2.30. The van der Waals surface area contributed by atoms with E-state index in [4.69, 9.17) is 10.5 Å². The average molecular weight is 313 g/mol. The highest BCUT2D eigenvalue weighted by molar-refractivity contribution is 9.10. The molecule has 1 aromatic rings. The molecule has 0 aliphatic carbocycles. The third kappa shape index (κ3) is 3.23. The molecule has 0 spiro atoms. The van der Waals surface area contributed by atoms with Gasteiger partial charge in [-0.25, -0.2) is 0 Å². The number of amides is 1. The van der Waals surface area contributed by atoms with Crippen LogP contribution in [0, 0.1) is 0 Å². The van der Waals surface area contributed by atoms with Crippen molar-refractivity contribution in [2.24, 2.45) is 0 Å². The van der Waals surface area contributed by atoms with Crippen molar-refractivity contribution in [3.8, 4) is 0 Å². The maximum atomic E-state index is 12.0. The number of carbonyl (C=O) groups is 1. The van der Waals surface area contributed by atoms with Crippen molar-refractivity contribution in [2.75, 3.05) is 18.9 Å². The zero-order valence-corrected chi connectivity index (χ0v) is 11.9. The standard InChI is InChI=1S/C13H17BrN2O2/c1-13(3-2-4-18-13)8-16-12(17)9-5-10(14)7-11(15)6-9/h5-7H,2-4,8,15H2,1H3,(H,16,17). The molecule has 1 heterocycles. The molecule has 4 nitrogen and oxygen atoms in total. The molecule has 1 amide bonds. The summed E-state index contributed by atoms with van der Waals surface area (Å²) in [5.41, 5.74) is 6.60. The number of nitrogens with one attached hydrogen (secondary N) is 1. The normalized spacial score (nSPS) is 23.0. The van der Waals surface area contributed by atoms with Crippen LogP contribution in [0.2, 0.25) is 0 Å². The van der Waals surface area contributed by atoms with E-state index in [1.807, 2.05) is 6.92 Å². The van der Waals surface area contributed by atoms with Gasteiger partial charge < -0.3 is 15.8 Å². The second-order valence-electron chi connectivity index (χ2n) is 4.86. The summed E-state index contributed by atoms with van der Waals surface area (Å²) in [5.74, 6) is -0.125. The number of rotatable bonds is 3. The smallest absolute Gasteiger partial charge is 0.251 e. The number of hydrogen-bond acceptors (Lipinski definition) is 3. The third-order valence-corrected chi connectivity index (χ3v) is 3.56. The Hall–Kier alpha value is -1.07. The molecule has 0 aromatic heterocycles. The maximum Gasteiger partial charge on any atom is 0.251 e. The minimum atomic E-state index is -0.229. The quantitative estimate of drug-likeness (QED) is 0.842. The number of anilines is 1. The van der Waals surface area contributed by atoms with E-state index < -0.39 is 0 Å². The van der Waals surface area contributed by atoms with Gasteiger partial charge in [-0.3, -0.25) is 4.79 Å². The first-order chi connectivity index (χ1) is 8.48. The Morgan fingerprint density at radius 2 is 2.33 bits per heavy atom. The largest absolute Gasteiger partial charge is 0.399 e. The second-order valence-corrected chi connectivity index (χ2v) is 5.77. The van der Waals surface area contributed by atoms with E-state index in [0.717, 1.165) is 23.9 Å². The van der Waals surface area contributed by atoms with Crippen LogP contribution in [0.1, 0.15) is 30.1 Å². The molecular weight excluding hydrogens is 296 g/mol. The second kappa shape index (κ2) is 5.28. The zero-order chi connectivity index (χ0) is 13.2. The van der Waals surface area contributed by atoms with Gasteiger partial charge in [-0.1, -0.05) is 15.9 Å². The average Bonchev–Trinajstić information content (AvgIpc) is 2.72. The van der Waals surface area contributed by atoms with Crippen molar-refractivity contribution >= 4 is 27.5 Å². The number of benzene rings is 1. The Kier molecular flexibility index (Phi) is 3.92. The van der Waals surface area contributed by atoms with Crippen LogP contribution >= 0.6 is 15.9 Å². The molecule has 2 rings (SSSR count). The minimum Gasteiger partial charge on any atom is -0.399 e. The van der Waals surface area contributed by atoms with Crippen LogP contribution in [-0.4, -0.2) is 24.7 Å². The van der Waals surface area contributed by atoms with Crippen molar-refractivity contribution in [2.45, 2.75) is 25.4 Å². The SMILES string of the molecule is CC1(CNC(=O)c2cc(N)cc(Br)c2)CCCO1. The molecule has 1 fully saturated rings. The van der Waals surface area contributed by atoms with Crippen LogP contribution in [0.5, 0.6) is 0 Å². The number of ether oxygens (including phenoxy) is 1. The van der Waals surface area contributed by atoms with E-state index in [2.05, 4.69) is 21.2 Å². The van der Waals surface area contributed by atoms with Crippen molar-refractivity contribution < 1.29 is 9.53 Å². The van der Waals surface area contributed by atoms with Crippen LogP contribution in [-0.2, 0) is 4.74 Å². The van der Waals surface area contributed by atoms with Crippen LogP contribution in [0.4, 0.5) is 5.69 Å². The Balaban J connectivity index is 1.99. The topological polar surface area (TPSA) is 64.4 Å². The molecule has 1 aromatic carbocycles. The molecule has 1 aliphatic heterocycles. The molecule has 0 bridgehead atoms. The van der Waals surface area contributed by atoms with Crippen molar-refractivity contribution in [3.05, 3.63) is 28.2 Å². The highest BCUT2D eigenvalue weighted by atomic mass is 79.9. The van der Waals surface area contributed by atoms with E-state index in [0.29, 0.717) is 17.8 Å². The fourth-order valence-electron chi connectivity index (χ4n) is 2.09. The lowest BCUT2D eigenvalue weighted by molar-refractivity contribution is 0.0206. The van der Waals surface area contributed by atoms with E-state index in [1.165, 1.54) is 0 Å². The summed E-state index contributed by atoms with van der Waals surface area (Å²) in [4.78, 5) is 12.0. The third-order valence-electron chi connectivity index (χ3n) is 3.11. The fraction of sp³-hybridized carbons (Fsp3) is 0.462. The number of nitrogen functional groups attached to an aromatic ring is 1. The maximum absolute atomic E-state index is 12.0. The first-order valence-corrected chi connectivity index (χ1v) is 6.76. The molecule has 98 valence electrons. The van der Waals surface area contributed by atoms with Crippen LogP contribution in [0.15, 0.2) is 22.7 Å². The lowest BCUT2D eigenvalue weighted by atomic mass is 10.0. The van der Waals surface area contributed by atoms with E-state index >= 15 is 0 Å². The molecule has 1 atom stereocenters. The first kappa shape index (κ1) is 13.4. The van der Waals surface area contributed by atoms with Gasteiger partial charge in [-0.15, -0.1) is 0 Å². The fourth-order valence-corrected chi connectivity index (χ4v) is 2.60. The highest BCUT2D eigenvalue weighted by Crippen LogP contribution is 2.24. The summed E-state index contributed by atoms with van der Waals surface area (Å²) in [6.45, 7) is 3.32. The molecular formula is C13H17BrN2O2. The molecule has 0 saturated carbocycles. The number of nitrogens with two attached hydrogens (primary N) is 1. The molecule has 1 saturated heterocycles.